The summed E-state index contributed by atoms with van der Waals surface area (Å²) in [6.07, 6.45) is 3.04. The van der Waals surface area contributed by atoms with Crippen molar-refractivity contribution in [3.8, 4) is 0 Å². The van der Waals surface area contributed by atoms with E-state index in [4.69, 9.17) is 4.74 Å². The normalized spacial score (nSPS) is 12.4. The van der Waals surface area contributed by atoms with Gasteiger partial charge in [-0.2, -0.15) is 0 Å². The first kappa shape index (κ1) is 12.9. The number of methoxy groups -OCH3 is 1. The molecule has 2 nitrogen and oxygen atoms in total. The van der Waals surface area contributed by atoms with Crippen molar-refractivity contribution in [1.82, 2.24) is 0 Å². The molecule has 0 fully saturated rings. The van der Waals surface area contributed by atoms with Crippen LogP contribution in [0.1, 0.15) is 31.7 Å². The Labute approximate surface area is 97.6 Å². The summed E-state index contributed by atoms with van der Waals surface area (Å²) < 4.78 is 5.11. The highest BCUT2D eigenvalue weighted by Crippen LogP contribution is 2.08. The van der Waals surface area contributed by atoms with Crippen LogP contribution in [-0.4, -0.2) is 19.0 Å². The quantitative estimate of drug-likeness (QED) is 0.706. The van der Waals surface area contributed by atoms with Crippen LogP contribution in [-0.2, 0) is 16.0 Å². The molecule has 0 spiro atoms. The molecule has 0 radical (unpaired) electrons. The molecule has 1 aromatic rings. The fourth-order valence-corrected chi connectivity index (χ4v) is 1.80. The van der Waals surface area contributed by atoms with Gasteiger partial charge in [0.2, 0.25) is 0 Å². The molecule has 1 aromatic carbocycles. The van der Waals surface area contributed by atoms with Crippen LogP contribution in [0.4, 0.5) is 0 Å². The lowest BCUT2D eigenvalue weighted by molar-refractivity contribution is -0.129. The molecular weight excluding hydrogens is 200 g/mol. The molecule has 88 valence electrons. The maximum Gasteiger partial charge on any atom is 0.161 e. The lowest BCUT2D eigenvalue weighted by Crippen LogP contribution is -2.21. The summed E-state index contributed by atoms with van der Waals surface area (Å²) in [6, 6.07) is 10.3. The number of benzene rings is 1. The summed E-state index contributed by atoms with van der Waals surface area (Å²) in [5, 5.41) is 0. The minimum absolute atomic E-state index is 0.212. The molecule has 1 unspecified atom stereocenters. The van der Waals surface area contributed by atoms with E-state index in [0.717, 1.165) is 19.3 Å². The fourth-order valence-electron chi connectivity index (χ4n) is 1.80. The number of ether oxygens (including phenoxy) is 1. The lowest BCUT2D eigenvalue weighted by Gasteiger charge is -2.11. The first-order chi connectivity index (χ1) is 7.77. The van der Waals surface area contributed by atoms with E-state index in [9.17, 15) is 4.79 Å². The third-order valence-corrected chi connectivity index (χ3v) is 2.75. The zero-order valence-electron chi connectivity index (χ0n) is 10.1. The second kappa shape index (κ2) is 7.18. The summed E-state index contributed by atoms with van der Waals surface area (Å²) >= 11 is 0. The van der Waals surface area contributed by atoms with Gasteiger partial charge in [-0.15, -0.1) is 0 Å². The molecule has 2 heteroatoms. The average molecular weight is 220 g/mol. The molecule has 0 aliphatic rings. The Balaban J connectivity index is 2.28. The van der Waals surface area contributed by atoms with Crippen LogP contribution in [0.25, 0.3) is 0 Å². The number of carbonyl (C=O) groups excluding carboxylic acids is 1. The van der Waals surface area contributed by atoms with Gasteiger partial charge in [0.15, 0.2) is 5.78 Å². The van der Waals surface area contributed by atoms with E-state index in [2.05, 4.69) is 12.1 Å². The monoisotopic (exact) mass is 220 g/mol. The van der Waals surface area contributed by atoms with Gasteiger partial charge < -0.3 is 4.74 Å². The molecule has 0 aromatic heterocycles. The standard InChI is InChI=1S/C14H20O2/c1-3-14(16-2)13(15)11-7-10-12-8-5-4-6-9-12/h4-6,8-9,14H,3,7,10-11H2,1-2H3. The molecule has 0 aliphatic heterocycles. The maximum absolute atomic E-state index is 11.7. The zero-order valence-corrected chi connectivity index (χ0v) is 10.1. The number of hydrogen-bond acceptors (Lipinski definition) is 2. The van der Waals surface area contributed by atoms with Gasteiger partial charge in [-0.25, -0.2) is 0 Å². The van der Waals surface area contributed by atoms with Gasteiger partial charge >= 0.3 is 0 Å². The molecule has 0 N–H and O–H groups in total. The van der Waals surface area contributed by atoms with Crippen molar-refractivity contribution in [1.29, 1.82) is 0 Å². The summed E-state index contributed by atoms with van der Waals surface area (Å²) in [6.45, 7) is 1.98. The van der Waals surface area contributed by atoms with Crippen molar-refractivity contribution in [3.05, 3.63) is 35.9 Å². The van der Waals surface area contributed by atoms with Crippen molar-refractivity contribution >= 4 is 5.78 Å². The lowest BCUT2D eigenvalue weighted by atomic mass is 10.0. The Hall–Kier alpha value is -1.15. The second-order valence-corrected chi connectivity index (χ2v) is 3.94. The summed E-state index contributed by atoms with van der Waals surface area (Å²) in [5.41, 5.74) is 1.29. The highest BCUT2D eigenvalue weighted by Gasteiger charge is 2.14. The van der Waals surface area contributed by atoms with Crippen molar-refractivity contribution < 1.29 is 9.53 Å². The Kier molecular flexibility index (Phi) is 5.79. The smallest absolute Gasteiger partial charge is 0.161 e. The maximum atomic E-state index is 11.7. The highest BCUT2D eigenvalue weighted by atomic mass is 16.5. The predicted molar refractivity (Wildman–Crippen MR) is 65.5 cm³/mol. The van der Waals surface area contributed by atoms with Gasteiger partial charge in [0.25, 0.3) is 0 Å². The van der Waals surface area contributed by atoms with Gasteiger partial charge in [-0.3, -0.25) is 4.79 Å². The second-order valence-electron chi connectivity index (χ2n) is 3.94. The van der Waals surface area contributed by atoms with Crippen molar-refractivity contribution in [2.75, 3.05) is 7.11 Å². The van der Waals surface area contributed by atoms with Crippen LogP contribution in [0, 0.1) is 0 Å². The van der Waals surface area contributed by atoms with E-state index in [1.54, 1.807) is 7.11 Å². The molecule has 0 bridgehead atoms. The van der Waals surface area contributed by atoms with E-state index < -0.39 is 0 Å². The first-order valence-corrected chi connectivity index (χ1v) is 5.87. The molecule has 16 heavy (non-hydrogen) atoms. The van der Waals surface area contributed by atoms with Crippen LogP contribution in [0.15, 0.2) is 30.3 Å². The molecule has 0 heterocycles. The van der Waals surface area contributed by atoms with Gasteiger partial charge in [0.1, 0.15) is 6.10 Å². The predicted octanol–water partition coefficient (Wildman–Crippen LogP) is 3.00. The Bertz CT molecular complexity index is 302. The largest absolute Gasteiger partial charge is 0.374 e. The van der Waals surface area contributed by atoms with Crippen LogP contribution in [0.3, 0.4) is 0 Å². The van der Waals surface area contributed by atoms with Crippen molar-refractivity contribution in [2.45, 2.75) is 38.7 Å². The van der Waals surface area contributed by atoms with Crippen LogP contribution < -0.4 is 0 Å². The molecule has 0 amide bonds. The van der Waals surface area contributed by atoms with Gasteiger partial charge in [0.05, 0.1) is 0 Å². The third kappa shape index (κ3) is 4.15. The van der Waals surface area contributed by atoms with E-state index in [1.165, 1.54) is 5.56 Å². The molecule has 0 saturated heterocycles. The van der Waals surface area contributed by atoms with Gasteiger partial charge in [0, 0.05) is 13.5 Å². The van der Waals surface area contributed by atoms with Crippen LogP contribution in [0.5, 0.6) is 0 Å². The van der Waals surface area contributed by atoms with E-state index in [0.29, 0.717) is 6.42 Å². The SMILES string of the molecule is CCC(OC)C(=O)CCCc1ccccc1. The fraction of sp³-hybridized carbons (Fsp3) is 0.500. The van der Waals surface area contributed by atoms with Gasteiger partial charge in [-0.05, 0) is 24.8 Å². The number of rotatable bonds is 7. The Morgan fingerprint density at radius 1 is 1.31 bits per heavy atom. The van der Waals surface area contributed by atoms with Crippen molar-refractivity contribution in [3.63, 3.8) is 0 Å². The van der Waals surface area contributed by atoms with E-state index in [1.807, 2.05) is 25.1 Å². The van der Waals surface area contributed by atoms with Crippen LogP contribution in [0.2, 0.25) is 0 Å². The topological polar surface area (TPSA) is 26.3 Å². The molecule has 1 rings (SSSR count). The third-order valence-electron chi connectivity index (χ3n) is 2.75. The summed E-state index contributed by atoms with van der Waals surface area (Å²) in [7, 11) is 1.60. The Morgan fingerprint density at radius 3 is 2.56 bits per heavy atom. The number of Topliss-reactive ketones (excluding diaryl/α,β-unsaturated/α-hetero) is 1. The molecule has 1 atom stereocenters. The van der Waals surface area contributed by atoms with E-state index in [-0.39, 0.29) is 11.9 Å². The minimum Gasteiger partial charge on any atom is -0.374 e. The molecule has 0 aliphatic carbocycles. The highest BCUT2D eigenvalue weighted by molar-refractivity contribution is 5.82. The summed E-state index contributed by atoms with van der Waals surface area (Å²) in [4.78, 5) is 11.7. The molecular formula is C14H20O2. The van der Waals surface area contributed by atoms with E-state index >= 15 is 0 Å². The number of aryl methyl sites for hydroxylation is 1. The van der Waals surface area contributed by atoms with Crippen molar-refractivity contribution in [2.24, 2.45) is 0 Å². The number of hydrogen-bond donors (Lipinski definition) is 0. The average Bonchev–Trinajstić information content (AvgIpc) is 2.32. The minimum atomic E-state index is -0.212. The van der Waals surface area contributed by atoms with Crippen LogP contribution >= 0.6 is 0 Å². The molecule has 0 saturated carbocycles. The Morgan fingerprint density at radius 2 is 2.00 bits per heavy atom. The summed E-state index contributed by atoms with van der Waals surface area (Å²) in [5.74, 6) is 0.223. The zero-order chi connectivity index (χ0) is 11.8. The van der Waals surface area contributed by atoms with Gasteiger partial charge in [-0.1, -0.05) is 37.3 Å². The first-order valence-electron chi connectivity index (χ1n) is 5.87. The number of ketones is 1. The number of carbonyl (C=O) groups is 1.